The maximum absolute atomic E-state index is 14.0. The summed E-state index contributed by atoms with van der Waals surface area (Å²) in [4.78, 5) is 47.5. The molecule has 2 fully saturated rings. The second-order valence-electron chi connectivity index (χ2n) is 13.0. The number of ether oxygens (including phenoxy) is 2. The average molecular weight is 702 g/mol. The number of fused-ring (bicyclic) bond motifs is 1. The zero-order chi connectivity index (χ0) is 34.9. The van der Waals surface area contributed by atoms with Crippen molar-refractivity contribution in [2.75, 3.05) is 32.7 Å². The Kier molecular flexibility index (Phi) is 12.1. The molecule has 2 saturated heterocycles. The fourth-order valence-corrected chi connectivity index (χ4v) is 6.60. The molecule has 11 nitrogen and oxygen atoms in total. The summed E-state index contributed by atoms with van der Waals surface area (Å²) in [6.07, 6.45) is 3.25. The van der Waals surface area contributed by atoms with Crippen LogP contribution in [0.2, 0.25) is 5.02 Å². The lowest BCUT2D eigenvalue weighted by Gasteiger charge is -2.24. The Morgan fingerprint density at radius 2 is 1.80 bits per heavy atom. The van der Waals surface area contributed by atoms with Crippen LogP contribution in [0.3, 0.4) is 0 Å². The molecule has 12 heteroatoms. The van der Waals surface area contributed by atoms with Crippen LogP contribution in [0.5, 0.6) is 5.75 Å². The molecular formula is C38H44ClN5O6. The van der Waals surface area contributed by atoms with E-state index in [1.165, 1.54) is 0 Å². The van der Waals surface area contributed by atoms with E-state index in [1.807, 2.05) is 42.5 Å². The maximum Gasteiger partial charge on any atom is 0.266 e. The van der Waals surface area contributed by atoms with Gasteiger partial charge in [0, 0.05) is 18.1 Å². The highest BCUT2D eigenvalue weighted by molar-refractivity contribution is 6.30. The third-order valence-electron chi connectivity index (χ3n) is 9.26. The number of nitrogens with one attached hydrogen (secondary N) is 2. The van der Waals surface area contributed by atoms with Crippen LogP contribution in [-0.4, -0.2) is 78.5 Å². The molecule has 0 bridgehead atoms. The van der Waals surface area contributed by atoms with Gasteiger partial charge < -0.3 is 35.2 Å². The van der Waals surface area contributed by atoms with Crippen LogP contribution in [0.4, 0.5) is 0 Å². The SMILES string of the molecule is NCCCC[C@H](NC(=O)[C@H]1CN(C(=O)Cc2cccc(OC3CCNCC3)c2)C[C@@H]1OCc1ccc(Cl)cc1)C(=O)c1nc2ccccc2o1. The van der Waals surface area contributed by atoms with Gasteiger partial charge in [-0.3, -0.25) is 14.4 Å². The highest BCUT2D eigenvalue weighted by atomic mass is 35.5. The van der Waals surface area contributed by atoms with E-state index >= 15 is 0 Å². The Hall–Kier alpha value is -4.29. The Morgan fingerprint density at radius 3 is 2.58 bits per heavy atom. The minimum Gasteiger partial charge on any atom is -0.490 e. The van der Waals surface area contributed by atoms with Crippen LogP contribution in [0.15, 0.2) is 77.2 Å². The van der Waals surface area contributed by atoms with E-state index in [4.69, 9.17) is 31.2 Å². The normalized spacial score (nSPS) is 18.6. The lowest BCUT2D eigenvalue weighted by Crippen LogP contribution is -2.47. The van der Waals surface area contributed by atoms with Crippen molar-refractivity contribution in [3.05, 3.63) is 94.8 Å². The molecule has 0 aliphatic carbocycles. The second kappa shape index (κ2) is 17.1. The van der Waals surface area contributed by atoms with E-state index in [9.17, 15) is 14.4 Å². The minimum atomic E-state index is -0.883. The van der Waals surface area contributed by atoms with Crippen LogP contribution in [0, 0.1) is 5.92 Å². The van der Waals surface area contributed by atoms with Gasteiger partial charge in [-0.1, -0.05) is 48.0 Å². The number of halogens is 1. The van der Waals surface area contributed by atoms with Crippen molar-refractivity contribution >= 4 is 40.3 Å². The van der Waals surface area contributed by atoms with Crippen molar-refractivity contribution in [3.63, 3.8) is 0 Å². The largest absolute Gasteiger partial charge is 0.490 e. The van der Waals surface area contributed by atoms with E-state index < -0.39 is 23.8 Å². The number of likely N-dealkylation sites (tertiary alicyclic amines) is 1. The van der Waals surface area contributed by atoms with Crippen molar-refractivity contribution in [3.8, 4) is 5.75 Å². The number of carbonyl (C=O) groups excluding carboxylic acids is 3. The number of nitrogens with two attached hydrogens (primary N) is 1. The number of Topliss-reactive ketones (excluding diaryl/α,β-unsaturated/α-hetero) is 1. The van der Waals surface area contributed by atoms with Crippen LogP contribution in [-0.2, 0) is 27.4 Å². The average Bonchev–Trinajstić information content (AvgIpc) is 3.77. The summed E-state index contributed by atoms with van der Waals surface area (Å²) in [5, 5.41) is 6.92. The number of oxazole rings is 1. The van der Waals surface area contributed by atoms with Gasteiger partial charge in [0.05, 0.1) is 31.1 Å². The highest BCUT2D eigenvalue weighted by Gasteiger charge is 2.41. The first-order valence-electron chi connectivity index (χ1n) is 17.4. The van der Waals surface area contributed by atoms with E-state index in [-0.39, 0.29) is 49.9 Å². The Morgan fingerprint density at radius 1 is 1.00 bits per heavy atom. The predicted molar refractivity (Wildman–Crippen MR) is 190 cm³/mol. The number of rotatable bonds is 15. The molecule has 2 aliphatic rings. The summed E-state index contributed by atoms with van der Waals surface area (Å²) < 4.78 is 18.3. The zero-order valence-corrected chi connectivity index (χ0v) is 28.8. The molecule has 6 rings (SSSR count). The molecule has 2 amide bonds. The number of hydrogen-bond donors (Lipinski definition) is 3. The molecule has 0 saturated carbocycles. The van der Waals surface area contributed by atoms with Crippen LogP contribution in [0.25, 0.3) is 11.1 Å². The predicted octanol–water partition coefficient (Wildman–Crippen LogP) is 4.70. The number of aromatic nitrogens is 1. The number of benzene rings is 3. The summed E-state index contributed by atoms with van der Waals surface area (Å²) in [5.41, 5.74) is 8.51. The van der Waals surface area contributed by atoms with E-state index in [1.54, 1.807) is 35.2 Å². The number of nitrogens with zero attached hydrogens (tertiary/aromatic N) is 2. The van der Waals surface area contributed by atoms with Crippen molar-refractivity contribution in [2.24, 2.45) is 11.7 Å². The van der Waals surface area contributed by atoms with Gasteiger partial charge >= 0.3 is 0 Å². The first kappa shape index (κ1) is 35.5. The van der Waals surface area contributed by atoms with E-state index in [2.05, 4.69) is 15.6 Å². The van der Waals surface area contributed by atoms with Gasteiger partial charge in [-0.2, -0.15) is 0 Å². The second-order valence-corrected chi connectivity index (χ2v) is 13.4. The molecule has 0 spiro atoms. The summed E-state index contributed by atoms with van der Waals surface area (Å²) >= 11 is 6.08. The molecule has 264 valence electrons. The molecule has 4 N–H and O–H groups in total. The van der Waals surface area contributed by atoms with Gasteiger partial charge in [0.25, 0.3) is 5.89 Å². The minimum absolute atomic E-state index is 0.0608. The molecule has 0 unspecified atom stereocenters. The zero-order valence-electron chi connectivity index (χ0n) is 28.0. The Balaban J connectivity index is 1.16. The number of hydrogen-bond acceptors (Lipinski definition) is 9. The molecule has 3 heterocycles. The number of carbonyl (C=O) groups is 3. The van der Waals surface area contributed by atoms with Gasteiger partial charge in [-0.05, 0) is 99.3 Å². The third kappa shape index (κ3) is 9.28. The third-order valence-corrected chi connectivity index (χ3v) is 9.51. The summed E-state index contributed by atoms with van der Waals surface area (Å²) in [6.45, 7) is 2.91. The molecule has 3 atom stereocenters. The Bertz CT molecular complexity index is 1720. The van der Waals surface area contributed by atoms with Gasteiger partial charge in [0.2, 0.25) is 17.6 Å². The van der Waals surface area contributed by atoms with Crippen LogP contribution < -0.4 is 21.1 Å². The molecule has 3 aromatic carbocycles. The fraction of sp³-hybridized carbons (Fsp3) is 0.421. The maximum atomic E-state index is 14.0. The summed E-state index contributed by atoms with van der Waals surface area (Å²) in [7, 11) is 0. The molecule has 0 radical (unpaired) electrons. The van der Waals surface area contributed by atoms with Gasteiger partial charge in [0.1, 0.15) is 17.4 Å². The van der Waals surface area contributed by atoms with Gasteiger partial charge in [-0.15, -0.1) is 0 Å². The molecule has 4 aromatic rings. The summed E-state index contributed by atoms with van der Waals surface area (Å²) in [6, 6.07) is 21.2. The van der Waals surface area contributed by atoms with Crippen LogP contribution >= 0.6 is 11.6 Å². The van der Waals surface area contributed by atoms with Gasteiger partial charge in [-0.25, -0.2) is 4.98 Å². The standard InChI is InChI=1S/C38H44ClN5O6/c39-27-13-11-25(12-14-27)24-48-34-23-44(35(45)21-26-6-5-7-29(20-26)49-28-15-18-41-19-16-28)22-30(34)37(47)42-32(9-3-4-17-40)36(46)38-43-31-8-1-2-10-33(31)50-38/h1-2,5-8,10-14,20,28,30,32,34,41H,3-4,9,15-19,21-24,40H2,(H,42,47)/t30-,32-,34-/m0/s1. The van der Waals surface area contributed by atoms with Gasteiger partial charge in [0.15, 0.2) is 5.58 Å². The lowest BCUT2D eigenvalue weighted by atomic mass is 10.0. The first-order valence-corrected chi connectivity index (χ1v) is 17.7. The Labute approximate surface area is 296 Å². The first-order chi connectivity index (χ1) is 24.4. The lowest BCUT2D eigenvalue weighted by molar-refractivity contribution is -0.130. The number of piperidine rings is 1. The number of amides is 2. The van der Waals surface area contributed by atoms with E-state index in [0.717, 1.165) is 42.8 Å². The monoisotopic (exact) mass is 701 g/mol. The number of ketones is 1. The fourth-order valence-electron chi connectivity index (χ4n) is 6.47. The summed E-state index contributed by atoms with van der Waals surface area (Å²) in [5.74, 6) is -0.942. The number of para-hydroxylation sites is 2. The van der Waals surface area contributed by atoms with Crippen molar-refractivity contribution < 1.29 is 28.3 Å². The van der Waals surface area contributed by atoms with Crippen molar-refractivity contribution in [1.82, 2.24) is 20.5 Å². The number of unbranched alkanes of at least 4 members (excludes halogenated alkanes) is 1. The molecule has 50 heavy (non-hydrogen) atoms. The van der Waals surface area contributed by atoms with Crippen molar-refractivity contribution in [1.29, 1.82) is 0 Å². The quantitative estimate of drug-likeness (QED) is 0.119. The molecular weight excluding hydrogens is 658 g/mol. The smallest absolute Gasteiger partial charge is 0.266 e. The van der Waals surface area contributed by atoms with Crippen molar-refractivity contribution in [2.45, 2.75) is 63.4 Å². The topological polar surface area (TPSA) is 149 Å². The van der Waals surface area contributed by atoms with E-state index in [0.29, 0.717) is 41.9 Å². The molecule has 2 aliphatic heterocycles. The highest BCUT2D eigenvalue weighted by Crippen LogP contribution is 2.26. The van der Waals surface area contributed by atoms with Crippen LogP contribution in [0.1, 0.15) is 53.9 Å². The molecule has 1 aromatic heterocycles.